The maximum atomic E-state index is 4.95. The quantitative estimate of drug-likeness (QED) is 0.129. The molecule has 0 N–H and O–H groups in total. The van der Waals surface area contributed by atoms with E-state index in [0.717, 1.165) is 25.7 Å². The maximum Gasteiger partial charge on any atom is 0.218 e. The van der Waals surface area contributed by atoms with Gasteiger partial charge in [0.1, 0.15) is 0 Å². The molecule has 2 nitrogen and oxygen atoms in total. The number of hydrogen-bond acceptors (Lipinski definition) is 0. The first kappa shape index (κ1) is 33.6. The third-order valence-corrected chi connectivity index (χ3v) is 15.0. The van der Waals surface area contributed by atoms with Gasteiger partial charge in [0.05, 0.1) is 22.6 Å². The number of hydrogen-bond donors (Lipinski definition) is 0. The fourth-order valence-corrected chi connectivity index (χ4v) is 11.7. The predicted molar refractivity (Wildman–Crippen MR) is 214 cm³/mol. The topological polar surface area (TPSA) is 7.76 Å². The molecule has 0 fully saturated rings. The number of nitrogens with zero attached hydrogens (tertiary/aromatic N) is 2. The highest BCUT2D eigenvalue weighted by atomic mass is 28.3. The summed E-state index contributed by atoms with van der Waals surface area (Å²) in [6.45, 7) is 24.7. The van der Waals surface area contributed by atoms with Crippen molar-refractivity contribution < 1.29 is 9.13 Å². The van der Waals surface area contributed by atoms with Crippen LogP contribution in [0.2, 0.25) is 39.3 Å². The van der Waals surface area contributed by atoms with Gasteiger partial charge in [-0.25, -0.2) is 0 Å². The first-order chi connectivity index (χ1) is 23.3. The Labute approximate surface area is 297 Å². The summed E-state index contributed by atoms with van der Waals surface area (Å²) in [7, 11) is -3.37. The molecule has 2 aliphatic heterocycles. The zero-order valence-electron chi connectivity index (χ0n) is 31.0. The van der Waals surface area contributed by atoms with E-state index in [1.807, 2.05) is 0 Å². The molecular weight excluding hydrogens is 625 g/mol. The SMILES string of the molecule is C=C1CC2C(CCc3ccccc3-c3cc(-c4ccccc4)c([Si](C)(C)C)c[n+]31)c1ccccc1-c1cc(CC(C)C)c([Si](C)(C)C)c[n+]12. The fraction of sp³-hybridized carbons (Fsp3) is 0.333. The molecule has 2 unspecified atom stereocenters. The molecule has 2 aromatic heterocycles. The summed E-state index contributed by atoms with van der Waals surface area (Å²) in [5.74, 6) is 1.01. The highest BCUT2D eigenvalue weighted by molar-refractivity contribution is 6.89. The average Bonchev–Trinajstić information content (AvgIpc) is 3.06. The zero-order valence-corrected chi connectivity index (χ0v) is 33.0. The highest BCUT2D eigenvalue weighted by Gasteiger charge is 2.44. The van der Waals surface area contributed by atoms with Crippen LogP contribution in [-0.2, 0) is 12.8 Å². The summed E-state index contributed by atoms with van der Waals surface area (Å²) in [5, 5.41) is 3.09. The molecule has 7 rings (SSSR count). The Bertz CT molecular complexity index is 2050. The predicted octanol–water partition coefficient (Wildman–Crippen LogP) is 9.70. The van der Waals surface area contributed by atoms with Gasteiger partial charge in [-0.1, -0.05) is 120 Å². The Kier molecular flexibility index (Phi) is 8.77. The van der Waals surface area contributed by atoms with Gasteiger partial charge in [0.2, 0.25) is 11.4 Å². The first-order valence-corrected chi connectivity index (χ1v) is 25.4. The van der Waals surface area contributed by atoms with Crippen LogP contribution in [0.25, 0.3) is 39.3 Å². The Morgan fingerprint density at radius 2 is 1.37 bits per heavy atom. The smallest absolute Gasteiger partial charge is 0.194 e. The van der Waals surface area contributed by atoms with E-state index in [2.05, 4.69) is 166 Å². The summed E-state index contributed by atoms with van der Waals surface area (Å²) in [6.07, 6.45) is 9.27. The van der Waals surface area contributed by atoms with Gasteiger partial charge in [0, 0.05) is 39.6 Å². The van der Waals surface area contributed by atoms with Gasteiger partial charge in [-0.15, -0.1) is 0 Å². The van der Waals surface area contributed by atoms with Gasteiger partial charge in [0.15, 0.2) is 24.1 Å². The lowest BCUT2D eigenvalue weighted by Crippen LogP contribution is -2.55. The van der Waals surface area contributed by atoms with Gasteiger partial charge in [-0.05, 0) is 71.7 Å². The molecule has 3 aromatic carbocycles. The molecule has 0 spiro atoms. The molecule has 0 bridgehead atoms. The van der Waals surface area contributed by atoms with E-state index in [4.69, 9.17) is 6.58 Å². The van der Waals surface area contributed by atoms with Crippen molar-refractivity contribution in [2.75, 3.05) is 0 Å². The van der Waals surface area contributed by atoms with Crippen molar-refractivity contribution in [1.82, 2.24) is 0 Å². The van der Waals surface area contributed by atoms with Gasteiger partial charge in [0.25, 0.3) is 0 Å². The second kappa shape index (κ2) is 12.8. The number of fused-ring (bicyclic) bond motifs is 9. The molecule has 5 aromatic rings. The van der Waals surface area contributed by atoms with Crippen LogP contribution in [0.5, 0.6) is 0 Å². The number of allylic oxidation sites excluding steroid dienone is 1. The fourth-order valence-electron chi connectivity index (χ4n) is 8.54. The third-order valence-electron chi connectivity index (χ3n) is 10.9. The van der Waals surface area contributed by atoms with Crippen molar-refractivity contribution in [1.29, 1.82) is 0 Å². The summed E-state index contributed by atoms with van der Waals surface area (Å²) in [6, 6.07) is 34.8. The Morgan fingerprint density at radius 1 is 0.714 bits per heavy atom. The number of aromatic nitrogens is 2. The molecule has 0 amide bonds. The van der Waals surface area contributed by atoms with Crippen molar-refractivity contribution in [2.24, 2.45) is 5.92 Å². The van der Waals surface area contributed by atoms with Crippen LogP contribution in [-0.4, -0.2) is 16.1 Å². The second-order valence-corrected chi connectivity index (χ2v) is 27.1. The van der Waals surface area contributed by atoms with Crippen molar-refractivity contribution in [3.63, 3.8) is 0 Å². The van der Waals surface area contributed by atoms with Crippen LogP contribution in [0.15, 0.2) is 110 Å². The average molecular weight is 679 g/mol. The minimum absolute atomic E-state index is 0.287. The van der Waals surface area contributed by atoms with Gasteiger partial charge >= 0.3 is 0 Å². The standard InChI is InChI=1S/C45H54N2Si2/c1-31(2)25-35-27-42-38-22-16-15-21-37(38)39-24-23-34-19-13-14-20-36(34)43-28-40(33-17-11-10-12-18-33)45(49(7,8)9)30-46(43)32(3)26-41(39)47(42)29-44(35)48(4,5)6/h10-22,27-31,39,41H,3,23-26H2,1-2,4-9H3/q+2. The number of benzene rings is 3. The van der Waals surface area contributed by atoms with E-state index < -0.39 is 16.1 Å². The minimum Gasteiger partial charge on any atom is -0.194 e. The Morgan fingerprint density at radius 3 is 2.06 bits per heavy atom. The molecule has 0 radical (unpaired) electrons. The summed E-state index contributed by atoms with van der Waals surface area (Å²) < 4.78 is 5.20. The third kappa shape index (κ3) is 6.34. The minimum atomic E-state index is -1.74. The van der Waals surface area contributed by atoms with Crippen LogP contribution in [0.3, 0.4) is 0 Å². The molecule has 4 heterocycles. The molecule has 250 valence electrons. The van der Waals surface area contributed by atoms with Gasteiger partial charge in [-0.2, -0.15) is 9.13 Å². The lowest BCUT2D eigenvalue weighted by atomic mass is 9.77. The van der Waals surface area contributed by atoms with E-state index in [9.17, 15) is 0 Å². The monoisotopic (exact) mass is 678 g/mol. The molecule has 0 saturated heterocycles. The summed E-state index contributed by atoms with van der Waals surface area (Å²) >= 11 is 0. The van der Waals surface area contributed by atoms with E-state index in [1.165, 1.54) is 55.7 Å². The molecule has 0 aliphatic carbocycles. The molecule has 4 heteroatoms. The van der Waals surface area contributed by atoms with Crippen molar-refractivity contribution in [3.05, 3.63) is 127 Å². The second-order valence-electron chi connectivity index (χ2n) is 17.1. The van der Waals surface area contributed by atoms with Crippen LogP contribution in [0.4, 0.5) is 0 Å². The number of aryl methyl sites for hydroxylation is 1. The molecule has 2 aliphatic rings. The van der Waals surface area contributed by atoms with Crippen molar-refractivity contribution >= 4 is 32.2 Å². The van der Waals surface area contributed by atoms with Gasteiger partial charge in [-0.3, -0.25) is 0 Å². The Balaban J connectivity index is 1.48. The first-order valence-electron chi connectivity index (χ1n) is 18.4. The highest BCUT2D eigenvalue weighted by Crippen LogP contribution is 2.44. The Hall–Kier alpha value is -3.87. The van der Waals surface area contributed by atoms with E-state index in [1.54, 1.807) is 10.8 Å². The maximum absolute atomic E-state index is 4.95. The largest absolute Gasteiger partial charge is 0.218 e. The summed E-state index contributed by atoms with van der Waals surface area (Å²) in [5.41, 5.74) is 13.7. The van der Waals surface area contributed by atoms with Crippen LogP contribution < -0.4 is 19.5 Å². The summed E-state index contributed by atoms with van der Waals surface area (Å²) in [4.78, 5) is 0. The van der Waals surface area contributed by atoms with Crippen LogP contribution in [0, 0.1) is 5.92 Å². The normalized spacial score (nSPS) is 17.4. The van der Waals surface area contributed by atoms with Crippen LogP contribution >= 0.6 is 0 Å². The van der Waals surface area contributed by atoms with Crippen molar-refractivity contribution in [2.45, 2.75) is 90.8 Å². The lowest BCUT2D eigenvalue weighted by Gasteiger charge is -2.33. The number of rotatable bonds is 5. The molecule has 2 atom stereocenters. The van der Waals surface area contributed by atoms with Crippen LogP contribution in [0.1, 0.15) is 55.3 Å². The zero-order chi connectivity index (χ0) is 34.7. The van der Waals surface area contributed by atoms with E-state index in [0.29, 0.717) is 11.8 Å². The molecular formula is C45H54N2Si2+2. The van der Waals surface area contributed by atoms with E-state index >= 15 is 0 Å². The van der Waals surface area contributed by atoms with Gasteiger partial charge < -0.3 is 0 Å². The lowest BCUT2D eigenvalue weighted by molar-refractivity contribution is -0.719. The molecule has 49 heavy (non-hydrogen) atoms. The van der Waals surface area contributed by atoms with Crippen molar-refractivity contribution in [3.8, 4) is 33.6 Å². The molecule has 0 saturated carbocycles. The number of pyridine rings is 2. The van der Waals surface area contributed by atoms with E-state index in [-0.39, 0.29) is 6.04 Å².